The van der Waals surface area contributed by atoms with Crippen LogP contribution in [-0.4, -0.2) is 47.8 Å². The van der Waals surface area contributed by atoms with Crippen molar-refractivity contribution < 1.29 is 5.11 Å². The molecule has 17 heavy (non-hydrogen) atoms. The van der Waals surface area contributed by atoms with Gasteiger partial charge in [-0.05, 0) is 52.7 Å². The number of aliphatic hydroxyl groups is 1. The van der Waals surface area contributed by atoms with Gasteiger partial charge in [0.1, 0.15) is 0 Å². The van der Waals surface area contributed by atoms with Gasteiger partial charge in [-0.15, -0.1) is 0 Å². The monoisotopic (exact) mass is 244 g/mol. The Morgan fingerprint density at radius 1 is 1.24 bits per heavy atom. The fourth-order valence-electron chi connectivity index (χ4n) is 1.78. The van der Waals surface area contributed by atoms with E-state index in [-0.39, 0.29) is 0 Å². The van der Waals surface area contributed by atoms with Crippen molar-refractivity contribution >= 4 is 0 Å². The molecular weight excluding hydrogens is 212 g/mol. The van der Waals surface area contributed by atoms with Gasteiger partial charge in [-0.2, -0.15) is 0 Å². The van der Waals surface area contributed by atoms with E-state index in [0.29, 0.717) is 12.6 Å². The fraction of sp³-hybridized carbons (Fsp3) is 1.00. The lowest BCUT2D eigenvalue weighted by Crippen LogP contribution is -2.41. The van der Waals surface area contributed by atoms with Crippen LogP contribution in [0.15, 0.2) is 0 Å². The highest BCUT2D eigenvalue weighted by Crippen LogP contribution is 2.07. The predicted octanol–water partition coefficient (Wildman–Crippen LogP) is 2.25. The topological polar surface area (TPSA) is 35.5 Å². The van der Waals surface area contributed by atoms with Gasteiger partial charge in [-0.1, -0.05) is 20.8 Å². The quantitative estimate of drug-likeness (QED) is 0.619. The number of nitrogens with one attached hydrogen (secondary N) is 1. The number of hydrogen-bond donors (Lipinski definition) is 2. The molecule has 0 aromatic heterocycles. The summed E-state index contributed by atoms with van der Waals surface area (Å²) in [5.41, 5.74) is -0.562. The Kier molecular flexibility index (Phi) is 8.83. The Balaban J connectivity index is 3.63. The van der Waals surface area contributed by atoms with Crippen LogP contribution in [0, 0.1) is 0 Å². The predicted molar refractivity (Wildman–Crippen MR) is 75.4 cm³/mol. The highest BCUT2D eigenvalue weighted by Gasteiger charge is 2.17. The lowest BCUT2D eigenvalue weighted by atomic mass is 10.0. The summed E-state index contributed by atoms with van der Waals surface area (Å²) in [6, 6.07) is 0.489. The molecular formula is C14H32N2O. The number of nitrogens with zero attached hydrogens (tertiary/aromatic N) is 1. The SMILES string of the molecule is CCN(CC)CCCC(C)NCC(C)(O)CC. The minimum absolute atomic E-state index is 0.489. The molecule has 2 unspecified atom stereocenters. The van der Waals surface area contributed by atoms with Gasteiger partial charge < -0.3 is 15.3 Å². The highest BCUT2D eigenvalue weighted by atomic mass is 16.3. The summed E-state index contributed by atoms with van der Waals surface area (Å²) in [6.45, 7) is 14.7. The van der Waals surface area contributed by atoms with Gasteiger partial charge in [0.05, 0.1) is 5.60 Å². The van der Waals surface area contributed by atoms with Crippen LogP contribution in [0.4, 0.5) is 0 Å². The summed E-state index contributed by atoms with van der Waals surface area (Å²) in [4.78, 5) is 2.45. The molecule has 0 spiro atoms. The van der Waals surface area contributed by atoms with Crippen LogP contribution in [0.5, 0.6) is 0 Å². The first-order valence-corrected chi connectivity index (χ1v) is 7.13. The fourth-order valence-corrected chi connectivity index (χ4v) is 1.78. The maximum atomic E-state index is 9.89. The number of hydrogen-bond acceptors (Lipinski definition) is 3. The van der Waals surface area contributed by atoms with Gasteiger partial charge in [0, 0.05) is 12.6 Å². The third kappa shape index (κ3) is 8.58. The van der Waals surface area contributed by atoms with Crippen molar-refractivity contribution in [3.63, 3.8) is 0 Å². The molecule has 0 saturated carbocycles. The molecule has 0 aromatic rings. The van der Waals surface area contributed by atoms with Gasteiger partial charge in [0.2, 0.25) is 0 Å². The zero-order chi connectivity index (χ0) is 13.3. The Morgan fingerprint density at radius 3 is 2.29 bits per heavy atom. The maximum Gasteiger partial charge on any atom is 0.0741 e. The third-order valence-corrected chi connectivity index (χ3v) is 3.60. The van der Waals surface area contributed by atoms with E-state index in [1.807, 2.05) is 13.8 Å². The van der Waals surface area contributed by atoms with Crippen LogP contribution in [0.2, 0.25) is 0 Å². The smallest absolute Gasteiger partial charge is 0.0741 e. The Bertz CT molecular complexity index is 179. The molecule has 104 valence electrons. The van der Waals surface area contributed by atoms with Crippen LogP contribution >= 0.6 is 0 Å². The first kappa shape index (κ1) is 16.9. The molecule has 0 fully saturated rings. The molecule has 2 N–H and O–H groups in total. The van der Waals surface area contributed by atoms with Crippen molar-refractivity contribution in [2.45, 2.75) is 65.5 Å². The van der Waals surface area contributed by atoms with E-state index < -0.39 is 5.60 Å². The average molecular weight is 244 g/mol. The molecule has 0 radical (unpaired) electrons. The van der Waals surface area contributed by atoms with Crippen molar-refractivity contribution in [2.24, 2.45) is 0 Å². The Labute approximate surface area is 108 Å². The van der Waals surface area contributed by atoms with Crippen LogP contribution in [0.1, 0.15) is 53.9 Å². The molecule has 0 bridgehead atoms. The van der Waals surface area contributed by atoms with Crippen molar-refractivity contribution in [1.29, 1.82) is 0 Å². The molecule has 3 heteroatoms. The summed E-state index contributed by atoms with van der Waals surface area (Å²) < 4.78 is 0. The molecule has 0 aliphatic rings. The van der Waals surface area contributed by atoms with Crippen molar-refractivity contribution in [3.05, 3.63) is 0 Å². The van der Waals surface area contributed by atoms with Gasteiger partial charge >= 0.3 is 0 Å². The van der Waals surface area contributed by atoms with E-state index in [1.54, 1.807) is 0 Å². The first-order valence-electron chi connectivity index (χ1n) is 7.13. The summed E-state index contributed by atoms with van der Waals surface area (Å²) in [6.07, 6.45) is 3.20. The second-order valence-electron chi connectivity index (χ2n) is 5.30. The molecule has 0 amide bonds. The summed E-state index contributed by atoms with van der Waals surface area (Å²) >= 11 is 0. The number of rotatable bonds is 10. The molecule has 0 heterocycles. The Hall–Kier alpha value is -0.120. The zero-order valence-electron chi connectivity index (χ0n) is 12.4. The summed E-state index contributed by atoms with van der Waals surface area (Å²) in [5, 5.41) is 13.3. The van der Waals surface area contributed by atoms with Crippen LogP contribution < -0.4 is 5.32 Å². The minimum atomic E-state index is -0.562. The van der Waals surface area contributed by atoms with Crippen LogP contribution in [0.25, 0.3) is 0 Å². The van der Waals surface area contributed by atoms with E-state index in [0.717, 1.165) is 19.5 Å². The van der Waals surface area contributed by atoms with Gasteiger partial charge in [-0.25, -0.2) is 0 Å². The maximum absolute atomic E-state index is 9.89. The van der Waals surface area contributed by atoms with Crippen LogP contribution in [-0.2, 0) is 0 Å². The molecule has 2 atom stereocenters. The summed E-state index contributed by atoms with van der Waals surface area (Å²) in [5.74, 6) is 0. The lowest BCUT2D eigenvalue weighted by Gasteiger charge is -2.25. The zero-order valence-corrected chi connectivity index (χ0v) is 12.4. The van der Waals surface area contributed by atoms with E-state index >= 15 is 0 Å². The van der Waals surface area contributed by atoms with E-state index in [2.05, 4.69) is 31.0 Å². The molecule has 0 rings (SSSR count). The normalized spacial score (nSPS) is 17.1. The van der Waals surface area contributed by atoms with E-state index in [9.17, 15) is 5.11 Å². The Morgan fingerprint density at radius 2 is 1.82 bits per heavy atom. The third-order valence-electron chi connectivity index (χ3n) is 3.60. The second-order valence-corrected chi connectivity index (χ2v) is 5.30. The molecule has 0 aliphatic heterocycles. The van der Waals surface area contributed by atoms with E-state index in [4.69, 9.17) is 0 Å². The van der Waals surface area contributed by atoms with Gasteiger partial charge in [0.15, 0.2) is 0 Å². The van der Waals surface area contributed by atoms with Crippen molar-refractivity contribution in [1.82, 2.24) is 10.2 Å². The lowest BCUT2D eigenvalue weighted by molar-refractivity contribution is 0.0529. The first-order chi connectivity index (χ1) is 7.95. The minimum Gasteiger partial charge on any atom is -0.389 e. The van der Waals surface area contributed by atoms with Crippen molar-refractivity contribution in [3.8, 4) is 0 Å². The van der Waals surface area contributed by atoms with E-state index in [1.165, 1.54) is 19.4 Å². The second kappa shape index (κ2) is 8.90. The van der Waals surface area contributed by atoms with Crippen molar-refractivity contribution in [2.75, 3.05) is 26.2 Å². The van der Waals surface area contributed by atoms with Gasteiger partial charge in [0.25, 0.3) is 0 Å². The highest BCUT2D eigenvalue weighted by molar-refractivity contribution is 4.75. The molecule has 0 aliphatic carbocycles. The van der Waals surface area contributed by atoms with Crippen LogP contribution in [0.3, 0.4) is 0 Å². The average Bonchev–Trinajstić information content (AvgIpc) is 2.32. The largest absolute Gasteiger partial charge is 0.389 e. The molecule has 0 saturated heterocycles. The molecule has 0 aromatic carbocycles. The van der Waals surface area contributed by atoms with Gasteiger partial charge in [-0.3, -0.25) is 0 Å². The standard InChI is InChI=1S/C14H32N2O/c1-6-14(5,17)12-15-13(4)10-9-11-16(7-2)8-3/h13,15,17H,6-12H2,1-5H3. The summed E-state index contributed by atoms with van der Waals surface area (Å²) in [7, 11) is 0. The molecule has 3 nitrogen and oxygen atoms in total.